The Bertz CT molecular complexity index is 542. The molecule has 1 aliphatic heterocycles. The molecule has 0 spiro atoms. The summed E-state index contributed by atoms with van der Waals surface area (Å²) in [5.41, 5.74) is 2.17. The summed E-state index contributed by atoms with van der Waals surface area (Å²) in [6, 6.07) is 7.86. The van der Waals surface area contributed by atoms with Crippen molar-refractivity contribution >= 4 is 15.9 Å². The third-order valence-corrected chi connectivity index (χ3v) is 3.09. The van der Waals surface area contributed by atoms with Gasteiger partial charge in [0.1, 0.15) is 0 Å². The Morgan fingerprint density at radius 1 is 1.12 bits per heavy atom. The van der Waals surface area contributed by atoms with Crippen LogP contribution in [0.2, 0.25) is 0 Å². The molecular weight excluding hydrogens is 270 g/mol. The fourth-order valence-corrected chi connectivity index (χ4v) is 2.15. The van der Waals surface area contributed by atoms with Crippen molar-refractivity contribution < 1.29 is 9.47 Å². The Labute approximate surface area is 101 Å². The number of rotatable bonds is 1. The van der Waals surface area contributed by atoms with Crippen LogP contribution in [0, 0.1) is 0 Å². The molecule has 1 aliphatic rings. The highest BCUT2D eigenvalue weighted by Gasteiger charge is 2.14. The highest BCUT2D eigenvalue weighted by Crippen LogP contribution is 2.37. The highest BCUT2D eigenvalue weighted by molar-refractivity contribution is 9.10. The first kappa shape index (κ1) is 9.66. The fourth-order valence-electron chi connectivity index (χ4n) is 1.67. The zero-order valence-corrected chi connectivity index (χ0v) is 9.90. The standard InChI is InChI=1S/C12H8BrNO2/c13-10-6-14-4-3-9(10)8-1-2-11-12(5-8)16-7-15-11/h1-6H,7H2. The lowest BCUT2D eigenvalue weighted by Crippen LogP contribution is -1.92. The van der Waals surface area contributed by atoms with Crippen molar-refractivity contribution in [3.63, 3.8) is 0 Å². The molecule has 0 amide bonds. The molecule has 2 heterocycles. The normalized spacial score (nSPS) is 12.8. The molecule has 0 saturated carbocycles. The lowest BCUT2D eigenvalue weighted by molar-refractivity contribution is 0.174. The number of pyridine rings is 1. The summed E-state index contributed by atoms with van der Waals surface area (Å²) in [6.07, 6.45) is 3.55. The van der Waals surface area contributed by atoms with Gasteiger partial charge in [-0.15, -0.1) is 0 Å². The quantitative estimate of drug-likeness (QED) is 0.802. The molecule has 0 fully saturated rings. The maximum atomic E-state index is 5.35. The lowest BCUT2D eigenvalue weighted by atomic mass is 10.1. The maximum absolute atomic E-state index is 5.35. The second-order valence-electron chi connectivity index (χ2n) is 3.42. The van der Waals surface area contributed by atoms with Crippen LogP contribution < -0.4 is 9.47 Å². The molecule has 0 unspecified atom stereocenters. The fraction of sp³-hybridized carbons (Fsp3) is 0.0833. The number of ether oxygens (including phenoxy) is 2. The van der Waals surface area contributed by atoms with E-state index in [0.29, 0.717) is 6.79 Å². The van der Waals surface area contributed by atoms with E-state index < -0.39 is 0 Å². The van der Waals surface area contributed by atoms with Crippen molar-refractivity contribution in [3.05, 3.63) is 41.1 Å². The van der Waals surface area contributed by atoms with Gasteiger partial charge in [0.05, 0.1) is 0 Å². The predicted molar refractivity (Wildman–Crippen MR) is 63.5 cm³/mol. The minimum atomic E-state index is 0.302. The van der Waals surface area contributed by atoms with Crippen LogP contribution in [0.4, 0.5) is 0 Å². The van der Waals surface area contributed by atoms with E-state index in [4.69, 9.17) is 9.47 Å². The summed E-state index contributed by atoms with van der Waals surface area (Å²) in [4.78, 5) is 4.04. The number of hydrogen-bond acceptors (Lipinski definition) is 3. The first-order valence-electron chi connectivity index (χ1n) is 4.84. The van der Waals surface area contributed by atoms with Crippen LogP contribution in [-0.4, -0.2) is 11.8 Å². The van der Waals surface area contributed by atoms with Gasteiger partial charge in [0, 0.05) is 16.9 Å². The predicted octanol–water partition coefficient (Wildman–Crippen LogP) is 3.24. The SMILES string of the molecule is Brc1cnccc1-c1ccc2c(c1)OCO2. The van der Waals surface area contributed by atoms with Gasteiger partial charge >= 0.3 is 0 Å². The number of aromatic nitrogens is 1. The summed E-state index contributed by atoms with van der Waals surface area (Å²) in [7, 11) is 0. The van der Waals surface area contributed by atoms with Crippen molar-refractivity contribution in [1.82, 2.24) is 4.98 Å². The number of halogens is 1. The number of nitrogens with zero attached hydrogens (tertiary/aromatic N) is 1. The first-order valence-corrected chi connectivity index (χ1v) is 5.63. The summed E-state index contributed by atoms with van der Waals surface area (Å²) in [6.45, 7) is 0.302. The third-order valence-electron chi connectivity index (χ3n) is 2.46. The largest absolute Gasteiger partial charge is 0.454 e. The Hall–Kier alpha value is -1.55. The third kappa shape index (κ3) is 1.55. The van der Waals surface area contributed by atoms with Crippen LogP contribution in [0.15, 0.2) is 41.1 Å². The van der Waals surface area contributed by atoms with E-state index in [-0.39, 0.29) is 0 Å². The van der Waals surface area contributed by atoms with Gasteiger partial charge in [-0.05, 0) is 45.3 Å². The van der Waals surface area contributed by atoms with Gasteiger partial charge in [0.15, 0.2) is 11.5 Å². The Balaban J connectivity index is 2.11. The molecule has 0 radical (unpaired) electrons. The molecule has 0 aliphatic carbocycles. The van der Waals surface area contributed by atoms with Gasteiger partial charge in [0.25, 0.3) is 0 Å². The minimum absolute atomic E-state index is 0.302. The zero-order valence-electron chi connectivity index (χ0n) is 8.31. The van der Waals surface area contributed by atoms with E-state index in [1.165, 1.54) is 0 Å². The van der Waals surface area contributed by atoms with Crippen LogP contribution in [0.25, 0.3) is 11.1 Å². The average Bonchev–Trinajstić information content (AvgIpc) is 2.76. The molecule has 1 aromatic carbocycles. The maximum Gasteiger partial charge on any atom is 0.231 e. The number of benzene rings is 1. The molecule has 16 heavy (non-hydrogen) atoms. The first-order chi connectivity index (χ1) is 7.84. The topological polar surface area (TPSA) is 31.4 Å². The summed E-state index contributed by atoms with van der Waals surface area (Å²) >= 11 is 3.48. The Morgan fingerprint density at radius 3 is 2.88 bits per heavy atom. The van der Waals surface area contributed by atoms with Crippen LogP contribution in [0.5, 0.6) is 11.5 Å². The van der Waals surface area contributed by atoms with Crippen molar-refractivity contribution in [2.45, 2.75) is 0 Å². The molecule has 4 heteroatoms. The van der Waals surface area contributed by atoms with Gasteiger partial charge in [-0.2, -0.15) is 0 Å². The van der Waals surface area contributed by atoms with Crippen LogP contribution in [0.3, 0.4) is 0 Å². The van der Waals surface area contributed by atoms with Gasteiger partial charge in [0.2, 0.25) is 6.79 Å². The molecule has 1 aromatic heterocycles. The van der Waals surface area contributed by atoms with Crippen LogP contribution in [0.1, 0.15) is 0 Å². The monoisotopic (exact) mass is 277 g/mol. The number of fused-ring (bicyclic) bond motifs is 1. The van der Waals surface area contributed by atoms with Gasteiger partial charge in [-0.1, -0.05) is 6.07 Å². The van der Waals surface area contributed by atoms with Crippen molar-refractivity contribution in [2.24, 2.45) is 0 Å². The van der Waals surface area contributed by atoms with Crippen LogP contribution >= 0.6 is 15.9 Å². The second-order valence-corrected chi connectivity index (χ2v) is 4.28. The van der Waals surface area contributed by atoms with Gasteiger partial charge in [-0.3, -0.25) is 4.98 Å². The van der Waals surface area contributed by atoms with E-state index in [1.807, 2.05) is 24.3 Å². The summed E-state index contributed by atoms with van der Waals surface area (Å²) < 4.78 is 11.6. The molecule has 0 bridgehead atoms. The smallest absolute Gasteiger partial charge is 0.231 e. The molecular formula is C12H8BrNO2. The van der Waals surface area contributed by atoms with E-state index in [1.54, 1.807) is 12.4 Å². The van der Waals surface area contributed by atoms with Crippen molar-refractivity contribution in [3.8, 4) is 22.6 Å². The average molecular weight is 278 g/mol. The Morgan fingerprint density at radius 2 is 2.00 bits per heavy atom. The molecule has 0 saturated heterocycles. The molecule has 3 rings (SSSR count). The highest BCUT2D eigenvalue weighted by atomic mass is 79.9. The summed E-state index contributed by atoms with van der Waals surface area (Å²) in [5.74, 6) is 1.59. The molecule has 2 aromatic rings. The lowest BCUT2D eigenvalue weighted by Gasteiger charge is -2.04. The van der Waals surface area contributed by atoms with Crippen LogP contribution in [-0.2, 0) is 0 Å². The molecule has 3 nitrogen and oxygen atoms in total. The molecule has 80 valence electrons. The van der Waals surface area contributed by atoms with Gasteiger partial charge in [-0.25, -0.2) is 0 Å². The minimum Gasteiger partial charge on any atom is -0.454 e. The van der Waals surface area contributed by atoms with E-state index in [2.05, 4.69) is 20.9 Å². The van der Waals surface area contributed by atoms with E-state index in [9.17, 15) is 0 Å². The Kier molecular flexibility index (Phi) is 2.29. The van der Waals surface area contributed by atoms with Crippen molar-refractivity contribution in [1.29, 1.82) is 0 Å². The summed E-state index contributed by atoms with van der Waals surface area (Å²) in [5, 5.41) is 0. The van der Waals surface area contributed by atoms with Gasteiger partial charge < -0.3 is 9.47 Å². The molecule has 0 N–H and O–H groups in total. The second kappa shape index (κ2) is 3.79. The number of hydrogen-bond donors (Lipinski definition) is 0. The zero-order chi connectivity index (χ0) is 11.0. The van der Waals surface area contributed by atoms with E-state index >= 15 is 0 Å². The molecule has 0 atom stereocenters. The van der Waals surface area contributed by atoms with E-state index in [0.717, 1.165) is 27.1 Å². The van der Waals surface area contributed by atoms with Crippen molar-refractivity contribution in [2.75, 3.05) is 6.79 Å².